The molecule has 0 aromatic heterocycles. The zero-order valence-electron chi connectivity index (χ0n) is 9.13. The maximum absolute atomic E-state index is 13.9. The molecule has 1 aliphatic carbocycles. The summed E-state index contributed by atoms with van der Waals surface area (Å²) in [5, 5.41) is 10.3. The van der Waals surface area contributed by atoms with Crippen molar-refractivity contribution in [2.45, 2.75) is 31.8 Å². The highest BCUT2D eigenvalue weighted by Crippen LogP contribution is 2.36. The molecule has 0 saturated heterocycles. The second-order valence-electron chi connectivity index (χ2n) is 4.27. The zero-order chi connectivity index (χ0) is 11.8. The standard InChI is InChI=1S/C13H14F2O/c1-9-5-6-10(14)11(12(9)15)13(16)7-3-2-4-8-13/h3,5-7,16H,2,4,8H2,1H3. The molecule has 1 aromatic rings. The van der Waals surface area contributed by atoms with Crippen LogP contribution in [0.1, 0.15) is 30.4 Å². The van der Waals surface area contributed by atoms with Crippen LogP contribution in [-0.4, -0.2) is 5.11 Å². The van der Waals surface area contributed by atoms with E-state index in [1.54, 1.807) is 13.0 Å². The van der Waals surface area contributed by atoms with E-state index in [0.29, 0.717) is 12.0 Å². The highest BCUT2D eigenvalue weighted by Gasteiger charge is 2.34. The van der Waals surface area contributed by atoms with Gasteiger partial charge in [0.15, 0.2) is 0 Å². The summed E-state index contributed by atoms with van der Waals surface area (Å²) in [7, 11) is 0. The van der Waals surface area contributed by atoms with E-state index in [1.165, 1.54) is 18.2 Å². The molecule has 1 nitrogen and oxygen atoms in total. The molecule has 0 aliphatic heterocycles. The molecule has 0 spiro atoms. The molecular formula is C13H14F2O. The molecule has 0 amide bonds. The number of benzene rings is 1. The Bertz CT molecular complexity index is 440. The summed E-state index contributed by atoms with van der Waals surface area (Å²) < 4.78 is 27.5. The highest BCUT2D eigenvalue weighted by molar-refractivity contribution is 5.35. The predicted molar refractivity (Wildman–Crippen MR) is 58.0 cm³/mol. The van der Waals surface area contributed by atoms with Gasteiger partial charge in [0.1, 0.15) is 17.2 Å². The van der Waals surface area contributed by atoms with Crippen LogP contribution in [0, 0.1) is 18.6 Å². The lowest BCUT2D eigenvalue weighted by Gasteiger charge is -2.29. The fraction of sp³-hybridized carbons (Fsp3) is 0.385. The first-order chi connectivity index (χ1) is 7.54. The minimum absolute atomic E-state index is 0.219. The van der Waals surface area contributed by atoms with Crippen molar-refractivity contribution in [3.05, 3.63) is 47.0 Å². The smallest absolute Gasteiger partial charge is 0.135 e. The van der Waals surface area contributed by atoms with Crippen LogP contribution in [0.15, 0.2) is 24.3 Å². The number of hydrogen-bond acceptors (Lipinski definition) is 1. The Morgan fingerprint density at radius 2 is 2.06 bits per heavy atom. The van der Waals surface area contributed by atoms with E-state index in [-0.39, 0.29) is 5.56 Å². The summed E-state index contributed by atoms with van der Waals surface area (Å²) in [6.45, 7) is 1.56. The maximum atomic E-state index is 13.9. The van der Waals surface area contributed by atoms with Gasteiger partial charge < -0.3 is 5.11 Å². The van der Waals surface area contributed by atoms with E-state index < -0.39 is 17.2 Å². The van der Waals surface area contributed by atoms with E-state index in [1.807, 2.05) is 0 Å². The molecule has 0 saturated carbocycles. The highest BCUT2D eigenvalue weighted by atomic mass is 19.1. The Kier molecular flexibility index (Phi) is 2.80. The summed E-state index contributed by atoms with van der Waals surface area (Å²) in [5.41, 5.74) is -1.36. The third-order valence-corrected chi connectivity index (χ3v) is 3.04. The Balaban J connectivity index is 2.58. The number of hydrogen-bond donors (Lipinski definition) is 1. The van der Waals surface area contributed by atoms with Crippen LogP contribution >= 0.6 is 0 Å². The van der Waals surface area contributed by atoms with Gasteiger partial charge in [-0.2, -0.15) is 0 Å². The summed E-state index contributed by atoms with van der Waals surface area (Å²) in [6.07, 6.45) is 5.21. The second kappa shape index (κ2) is 3.98. The molecule has 1 aromatic carbocycles. The van der Waals surface area contributed by atoms with Gasteiger partial charge in [-0.15, -0.1) is 0 Å². The van der Waals surface area contributed by atoms with Crippen LogP contribution in [0.3, 0.4) is 0 Å². The minimum atomic E-state index is -1.49. The summed E-state index contributed by atoms with van der Waals surface area (Å²) in [5.74, 6) is -1.33. The lowest BCUT2D eigenvalue weighted by molar-refractivity contribution is 0.0645. The van der Waals surface area contributed by atoms with Crippen LogP contribution in [-0.2, 0) is 5.60 Å². The summed E-state index contributed by atoms with van der Waals surface area (Å²) >= 11 is 0. The van der Waals surface area contributed by atoms with Gasteiger partial charge in [-0.25, -0.2) is 8.78 Å². The Hall–Kier alpha value is -1.22. The van der Waals surface area contributed by atoms with E-state index in [2.05, 4.69) is 0 Å². The quantitative estimate of drug-likeness (QED) is 0.726. The molecule has 0 radical (unpaired) electrons. The van der Waals surface area contributed by atoms with E-state index >= 15 is 0 Å². The molecule has 0 fully saturated rings. The Morgan fingerprint density at radius 3 is 2.69 bits per heavy atom. The third kappa shape index (κ3) is 1.76. The lowest BCUT2D eigenvalue weighted by atomic mass is 9.83. The molecule has 0 bridgehead atoms. The summed E-state index contributed by atoms with van der Waals surface area (Å²) in [6, 6.07) is 2.58. The van der Waals surface area contributed by atoms with Gasteiger partial charge in [-0.1, -0.05) is 18.2 Å². The molecule has 86 valence electrons. The molecule has 1 unspecified atom stereocenters. The van der Waals surface area contributed by atoms with Crippen molar-refractivity contribution < 1.29 is 13.9 Å². The number of halogens is 2. The fourth-order valence-corrected chi connectivity index (χ4v) is 2.11. The average Bonchev–Trinajstić information content (AvgIpc) is 2.25. The minimum Gasteiger partial charge on any atom is -0.381 e. The number of aliphatic hydroxyl groups is 1. The normalized spacial score (nSPS) is 24.8. The number of rotatable bonds is 1. The van der Waals surface area contributed by atoms with Crippen molar-refractivity contribution in [2.24, 2.45) is 0 Å². The molecule has 1 N–H and O–H groups in total. The number of allylic oxidation sites excluding steroid dienone is 1. The van der Waals surface area contributed by atoms with Crippen molar-refractivity contribution in [3.63, 3.8) is 0 Å². The van der Waals surface area contributed by atoms with Crippen molar-refractivity contribution in [3.8, 4) is 0 Å². The molecule has 0 heterocycles. The van der Waals surface area contributed by atoms with Crippen LogP contribution in [0.25, 0.3) is 0 Å². The Labute approximate surface area is 93.4 Å². The zero-order valence-corrected chi connectivity index (χ0v) is 9.13. The SMILES string of the molecule is Cc1ccc(F)c(C2(O)C=CCCC2)c1F. The van der Waals surface area contributed by atoms with Crippen LogP contribution in [0.5, 0.6) is 0 Å². The second-order valence-corrected chi connectivity index (χ2v) is 4.27. The van der Waals surface area contributed by atoms with Crippen LogP contribution in [0.4, 0.5) is 8.78 Å². The van der Waals surface area contributed by atoms with Gasteiger partial charge in [0, 0.05) is 0 Å². The molecule has 1 aliphatic rings. The van der Waals surface area contributed by atoms with Gasteiger partial charge in [-0.05, 0) is 37.8 Å². The maximum Gasteiger partial charge on any atom is 0.135 e. The monoisotopic (exact) mass is 224 g/mol. The van der Waals surface area contributed by atoms with Crippen LogP contribution < -0.4 is 0 Å². The van der Waals surface area contributed by atoms with Gasteiger partial charge in [-0.3, -0.25) is 0 Å². The molecule has 3 heteroatoms. The van der Waals surface area contributed by atoms with Gasteiger partial charge in [0.25, 0.3) is 0 Å². The average molecular weight is 224 g/mol. The van der Waals surface area contributed by atoms with Gasteiger partial charge >= 0.3 is 0 Å². The van der Waals surface area contributed by atoms with E-state index in [0.717, 1.165) is 12.8 Å². The fourth-order valence-electron chi connectivity index (χ4n) is 2.11. The first kappa shape index (κ1) is 11.3. The van der Waals surface area contributed by atoms with Crippen LogP contribution in [0.2, 0.25) is 0 Å². The first-order valence-corrected chi connectivity index (χ1v) is 5.40. The van der Waals surface area contributed by atoms with Gasteiger partial charge in [0.05, 0.1) is 5.56 Å². The lowest BCUT2D eigenvalue weighted by Crippen LogP contribution is -2.28. The summed E-state index contributed by atoms with van der Waals surface area (Å²) in [4.78, 5) is 0. The molecule has 1 atom stereocenters. The molecule has 2 rings (SSSR count). The first-order valence-electron chi connectivity index (χ1n) is 5.40. The molecular weight excluding hydrogens is 210 g/mol. The van der Waals surface area contributed by atoms with E-state index in [4.69, 9.17) is 0 Å². The van der Waals surface area contributed by atoms with Crippen molar-refractivity contribution in [1.82, 2.24) is 0 Å². The largest absolute Gasteiger partial charge is 0.381 e. The topological polar surface area (TPSA) is 20.2 Å². The number of aryl methyl sites for hydroxylation is 1. The van der Waals surface area contributed by atoms with Gasteiger partial charge in [0.2, 0.25) is 0 Å². The molecule has 16 heavy (non-hydrogen) atoms. The van der Waals surface area contributed by atoms with E-state index in [9.17, 15) is 13.9 Å². The van der Waals surface area contributed by atoms with Crippen molar-refractivity contribution in [2.75, 3.05) is 0 Å². The Morgan fingerprint density at radius 1 is 1.31 bits per heavy atom. The third-order valence-electron chi connectivity index (χ3n) is 3.04. The predicted octanol–water partition coefficient (Wildman–Crippen LogP) is 3.20. The van der Waals surface area contributed by atoms with Crippen molar-refractivity contribution >= 4 is 0 Å². The van der Waals surface area contributed by atoms with Crippen molar-refractivity contribution in [1.29, 1.82) is 0 Å².